The molecule has 17 heavy (non-hydrogen) atoms. The van der Waals surface area contributed by atoms with Crippen molar-refractivity contribution in [3.8, 4) is 0 Å². The molecule has 0 saturated heterocycles. The third kappa shape index (κ3) is 3.90. The zero-order chi connectivity index (χ0) is 12.8. The molecule has 0 atom stereocenters. The molecule has 1 aromatic rings. The number of aromatic nitrogens is 1. The number of pyridine rings is 1. The van der Waals surface area contributed by atoms with E-state index in [0.717, 1.165) is 6.20 Å². The molecule has 0 aliphatic carbocycles. The van der Waals surface area contributed by atoms with Gasteiger partial charge in [0.15, 0.2) is 0 Å². The number of primary amides is 1. The predicted octanol–water partition coefficient (Wildman–Crippen LogP) is -0.615. The van der Waals surface area contributed by atoms with Crippen LogP contribution < -0.4 is 11.1 Å². The van der Waals surface area contributed by atoms with Crippen molar-refractivity contribution in [2.45, 2.75) is 6.42 Å². The number of carboxylic acid groups (broad SMARTS) is 1. The summed E-state index contributed by atoms with van der Waals surface area (Å²) in [6.07, 6.45) is 1.20. The van der Waals surface area contributed by atoms with Crippen LogP contribution in [-0.2, 0) is 4.79 Å². The molecular formula is C10H11N3O4. The second-order valence-electron chi connectivity index (χ2n) is 3.21. The molecule has 0 aliphatic heterocycles. The molecule has 0 saturated carbocycles. The highest BCUT2D eigenvalue weighted by Gasteiger charge is 2.08. The maximum absolute atomic E-state index is 11.5. The molecule has 1 heterocycles. The minimum Gasteiger partial charge on any atom is -0.477 e. The van der Waals surface area contributed by atoms with Gasteiger partial charge in [-0.15, -0.1) is 0 Å². The fraction of sp³-hybridized carbons (Fsp3) is 0.200. The van der Waals surface area contributed by atoms with Gasteiger partial charge in [-0.1, -0.05) is 0 Å². The van der Waals surface area contributed by atoms with E-state index in [9.17, 15) is 14.4 Å². The Balaban J connectivity index is 2.57. The minimum atomic E-state index is -1.16. The van der Waals surface area contributed by atoms with Crippen molar-refractivity contribution in [3.63, 3.8) is 0 Å². The maximum Gasteiger partial charge on any atom is 0.354 e. The molecule has 7 nitrogen and oxygen atoms in total. The van der Waals surface area contributed by atoms with Gasteiger partial charge in [0.25, 0.3) is 5.91 Å². The van der Waals surface area contributed by atoms with Crippen molar-refractivity contribution in [2.75, 3.05) is 6.54 Å². The molecule has 1 rings (SSSR count). The lowest BCUT2D eigenvalue weighted by Gasteiger charge is -2.03. The van der Waals surface area contributed by atoms with Crippen LogP contribution in [0.3, 0.4) is 0 Å². The van der Waals surface area contributed by atoms with Gasteiger partial charge in [0, 0.05) is 19.2 Å². The average molecular weight is 237 g/mol. The monoisotopic (exact) mass is 237 g/mol. The molecule has 4 N–H and O–H groups in total. The molecule has 0 fully saturated rings. The first-order valence-electron chi connectivity index (χ1n) is 4.76. The normalized spacial score (nSPS) is 9.65. The Morgan fingerprint density at radius 2 is 2.06 bits per heavy atom. The number of nitrogens with zero attached hydrogens (tertiary/aromatic N) is 1. The lowest BCUT2D eigenvalue weighted by molar-refractivity contribution is -0.117. The molecule has 0 radical (unpaired) electrons. The number of hydrogen-bond acceptors (Lipinski definition) is 4. The van der Waals surface area contributed by atoms with E-state index in [1.165, 1.54) is 12.1 Å². The van der Waals surface area contributed by atoms with Crippen LogP contribution in [-0.4, -0.2) is 34.4 Å². The van der Waals surface area contributed by atoms with E-state index in [-0.39, 0.29) is 24.2 Å². The van der Waals surface area contributed by atoms with Crippen LogP contribution in [0.4, 0.5) is 0 Å². The molecule has 0 aliphatic rings. The number of carbonyl (C=O) groups excluding carboxylic acids is 2. The Morgan fingerprint density at radius 1 is 1.35 bits per heavy atom. The quantitative estimate of drug-likeness (QED) is 0.630. The van der Waals surface area contributed by atoms with E-state index in [1.807, 2.05) is 0 Å². The summed E-state index contributed by atoms with van der Waals surface area (Å²) in [7, 11) is 0. The molecule has 7 heteroatoms. The number of carbonyl (C=O) groups is 3. The van der Waals surface area contributed by atoms with Crippen LogP contribution in [0, 0.1) is 0 Å². The topological polar surface area (TPSA) is 122 Å². The van der Waals surface area contributed by atoms with Gasteiger partial charge in [-0.05, 0) is 12.1 Å². The summed E-state index contributed by atoms with van der Waals surface area (Å²) in [6, 6.07) is 2.57. The molecule has 0 spiro atoms. The van der Waals surface area contributed by atoms with E-state index < -0.39 is 17.8 Å². The van der Waals surface area contributed by atoms with Gasteiger partial charge < -0.3 is 16.2 Å². The zero-order valence-corrected chi connectivity index (χ0v) is 8.84. The Labute approximate surface area is 96.6 Å². The largest absolute Gasteiger partial charge is 0.477 e. The summed E-state index contributed by atoms with van der Waals surface area (Å²) in [5.41, 5.74) is 4.98. The Morgan fingerprint density at radius 3 is 2.53 bits per heavy atom. The van der Waals surface area contributed by atoms with Gasteiger partial charge in [-0.2, -0.15) is 0 Å². The summed E-state index contributed by atoms with van der Waals surface area (Å²) in [6.45, 7) is 0.134. The molecule has 0 unspecified atom stereocenters. The van der Waals surface area contributed by atoms with Crippen LogP contribution in [0.5, 0.6) is 0 Å². The fourth-order valence-corrected chi connectivity index (χ4v) is 1.06. The highest BCUT2D eigenvalue weighted by molar-refractivity contribution is 5.95. The summed E-state index contributed by atoms with van der Waals surface area (Å²) < 4.78 is 0. The fourth-order valence-electron chi connectivity index (χ4n) is 1.06. The van der Waals surface area contributed by atoms with E-state index >= 15 is 0 Å². The highest BCUT2D eigenvalue weighted by Crippen LogP contribution is 2.00. The average Bonchev–Trinajstić information content (AvgIpc) is 2.28. The summed E-state index contributed by atoms with van der Waals surface area (Å²) in [4.78, 5) is 36.0. The number of nitrogens with one attached hydrogen (secondary N) is 1. The summed E-state index contributed by atoms with van der Waals surface area (Å²) >= 11 is 0. The minimum absolute atomic E-state index is 0.0480. The smallest absolute Gasteiger partial charge is 0.354 e. The van der Waals surface area contributed by atoms with E-state index in [2.05, 4.69) is 10.3 Å². The number of aromatic carboxylic acids is 1. The van der Waals surface area contributed by atoms with Gasteiger partial charge in [0.2, 0.25) is 5.91 Å². The highest BCUT2D eigenvalue weighted by atomic mass is 16.4. The SMILES string of the molecule is NC(=O)CCNC(=O)c1ccc(C(=O)O)nc1. The third-order valence-electron chi connectivity index (χ3n) is 1.90. The van der Waals surface area contributed by atoms with Gasteiger partial charge in [-0.3, -0.25) is 9.59 Å². The molecule has 0 aromatic carbocycles. The maximum atomic E-state index is 11.5. The van der Waals surface area contributed by atoms with Crippen molar-refractivity contribution >= 4 is 17.8 Å². The molecule has 0 bridgehead atoms. The second-order valence-corrected chi connectivity index (χ2v) is 3.21. The molecule has 1 aromatic heterocycles. The van der Waals surface area contributed by atoms with Crippen molar-refractivity contribution in [2.24, 2.45) is 5.73 Å². The first kappa shape index (κ1) is 12.6. The lowest BCUT2D eigenvalue weighted by atomic mass is 10.2. The summed E-state index contributed by atoms with van der Waals surface area (Å²) in [5, 5.41) is 11.1. The van der Waals surface area contributed by atoms with Crippen molar-refractivity contribution in [3.05, 3.63) is 29.6 Å². The Hall–Kier alpha value is -2.44. The number of hydrogen-bond donors (Lipinski definition) is 3. The van der Waals surface area contributed by atoms with E-state index in [4.69, 9.17) is 10.8 Å². The van der Waals surface area contributed by atoms with Crippen molar-refractivity contribution in [1.29, 1.82) is 0 Å². The molecular weight excluding hydrogens is 226 g/mol. The summed E-state index contributed by atoms with van der Waals surface area (Å²) in [5.74, 6) is -2.11. The van der Waals surface area contributed by atoms with E-state index in [0.29, 0.717) is 0 Å². The third-order valence-corrected chi connectivity index (χ3v) is 1.90. The Bertz CT molecular complexity index is 441. The van der Waals surface area contributed by atoms with Gasteiger partial charge in [0.05, 0.1) is 5.56 Å². The van der Waals surface area contributed by atoms with Gasteiger partial charge in [-0.25, -0.2) is 9.78 Å². The first-order valence-corrected chi connectivity index (χ1v) is 4.76. The number of carboxylic acids is 1. The van der Waals surface area contributed by atoms with Crippen LogP contribution in [0.1, 0.15) is 27.3 Å². The number of rotatable bonds is 5. The van der Waals surface area contributed by atoms with Crippen molar-refractivity contribution in [1.82, 2.24) is 10.3 Å². The van der Waals surface area contributed by atoms with E-state index in [1.54, 1.807) is 0 Å². The molecule has 90 valence electrons. The number of amides is 2. The van der Waals surface area contributed by atoms with Crippen LogP contribution in [0.25, 0.3) is 0 Å². The Kier molecular flexibility index (Phi) is 4.15. The van der Waals surface area contributed by atoms with Crippen LogP contribution >= 0.6 is 0 Å². The van der Waals surface area contributed by atoms with Gasteiger partial charge >= 0.3 is 5.97 Å². The van der Waals surface area contributed by atoms with Gasteiger partial charge in [0.1, 0.15) is 5.69 Å². The first-order chi connectivity index (χ1) is 8.00. The zero-order valence-electron chi connectivity index (χ0n) is 8.84. The molecule has 2 amide bonds. The number of nitrogens with two attached hydrogens (primary N) is 1. The van der Waals surface area contributed by atoms with Crippen molar-refractivity contribution < 1.29 is 19.5 Å². The van der Waals surface area contributed by atoms with Crippen LogP contribution in [0.15, 0.2) is 18.3 Å². The second kappa shape index (κ2) is 5.59. The lowest BCUT2D eigenvalue weighted by Crippen LogP contribution is -2.28. The van der Waals surface area contributed by atoms with Crippen LogP contribution in [0.2, 0.25) is 0 Å². The predicted molar refractivity (Wildman–Crippen MR) is 57.3 cm³/mol. The standard InChI is InChI=1S/C10H11N3O4/c11-8(14)3-4-12-9(15)6-1-2-7(10(16)17)13-5-6/h1-2,5H,3-4H2,(H2,11,14)(H,12,15)(H,16,17).